The molecule has 0 heterocycles. The van der Waals surface area contributed by atoms with Crippen LogP contribution < -0.4 is 10.6 Å². The zero-order chi connectivity index (χ0) is 14.8. The van der Waals surface area contributed by atoms with Crippen LogP contribution in [0.3, 0.4) is 0 Å². The Kier molecular flexibility index (Phi) is 7.13. The van der Waals surface area contributed by atoms with Gasteiger partial charge in [0.1, 0.15) is 0 Å². The number of urea groups is 1. The van der Waals surface area contributed by atoms with E-state index in [1.807, 2.05) is 0 Å². The summed E-state index contributed by atoms with van der Waals surface area (Å²) in [6.45, 7) is 3.58. The summed E-state index contributed by atoms with van der Waals surface area (Å²) < 4.78 is 5.30. The highest BCUT2D eigenvalue weighted by molar-refractivity contribution is 5.99. The lowest BCUT2D eigenvalue weighted by molar-refractivity contribution is 0.0698. The third-order valence-electron chi connectivity index (χ3n) is 2.58. The number of hydrogen-bond acceptors (Lipinski definition) is 3. The van der Waals surface area contributed by atoms with E-state index < -0.39 is 12.0 Å². The van der Waals surface area contributed by atoms with Crippen molar-refractivity contribution in [2.75, 3.05) is 25.1 Å². The summed E-state index contributed by atoms with van der Waals surface area (Å²) in [4.78, 5) is 22.6. The van der Waals surface area contributed by atoms with E-state index in [0.29, 0.717) is 19.8 Å². The largest absolute Gasteiger partial charge is 0.478 e. The quantitative estimate of drug-likeness (QED) is 0.638. The van der Waals surface area contributed by atoms with Gasteiger partial charge in [0.05, 0.1) is 17.9 Å². The van der Waals surface area contributed by atoms with Crippen molar-refractivity contribution in [2.24, 2.45) is 0 Å². The standard InChI is InChI=1S/C14H20N2O4/c1-2-3-9-20-10-8-15-14(19)16-12-7-5-4-6-11(12)13(17)18/h4-7H,2-3,8-10H2,1H3,(H,17,18)(H2,15,16,19). The summed E-state index contributed by atoms with van der Waals surface area (Å²) in [6.07, 6.45) is 2.07. The molecule has 0 aliphatic rings. The highest BCUT2D eigenvalue weighted by atomic mass is 16.5. The lowest BCUT2D eigenvalue weighted by atomic mass is 10.2. The van der Waals surface area contributed by atoms with E-state index >= 15 is 0 Å². The maximum atomic E-state index is 11.6. The van der Waals surface area contributed by atoms with Crippen LogP contribution in [0.25, 0.3) is 0 Å². The molecule has 0 saturated heterocycles. The fourth-order valence-corrected chi connectivity index (χ4v) is 1.53. The number of carbonyl (C=O) groups excluding carboxylic acids is 1. The van der Waals surface area contributed by atoms with E-state index in [1.165, 1.54) is 6.07 Å². The molecule has 0 atom stereocenters. The van der Waals surface area contributed by atoms with E-state index in [1.54, 1.807) is 18.2 Å². The Morgan fingerprint density at radius 1 is 1.25 bits per heavy atom. The molecule has 0 aliphatic carbocycles. The molecule has 1 aromatic carbocycles. The van der Waals surface area contributed by atoms with Crippen LogP contribution >= 0.6 is 0 Å². The van der Waals surface area contributed by atoms with Crippen molar-refractivity contribution >= 4 is 17.7 Å². The maximum absolute atomic E-state index is 11.6. The van der Waals surface area contributed by atoms with E-state index in [0.717, 1.165) is 12.8 Å². The van der Waals surface area contributed by atoms with Crippen LogP contribution in [0, 0.1) is 0 Å². The molecule has 0 aromatic heterocycles. The van der Waals surface area contributed by atoms with Crippen LogP contribution in [0.5, 0.6) is 0 Å². The summed E-state index contributed by atoms with van der Waals surface area (Å²) in [6, 6.07) is 5.80. The summed E-state index contributed by atoms with van der Waals surface area (Å²) in [5, 5.41) is 14.1. The molecule has 0 aliphatic heterocycles. The molecule has 0 bridgehead atoms. The number of hydrogen-bond donors (Lipinski definition) is 3. The van der Waals surface area contributed by atoms with Gasteiger partial charge < -0.3 is 20.5 Å². The maximum Gasteiger partial charge on any atom is 0.337 e. The first kappa shape index (κ1) is 16.0. The van der Waals surface area contributed by atoms with Crippen molar-refractivity contribution in [1.82, 2.24) is 5.32 Å². The molecular weight excluding hydrogens is 260 g/mol. The Labute approximate surface area is 118 Å². The SMILES string of the molecule is CCCCOCCNC(=O)Nc1ccccc1C(=O)O. The van der Waals surface area contributed by atoms with Gasteiger partial charge in [0.2, 0.25) is 0 Å². The Morgan fingerprint density at radius 2 is 2.00 bits per heavy atom. The number of amides is 2. The van der Waals surface area contributed by atoms with Crippen molar-refractivity contribution in [3.8, 4) is 0 Å². The minimum atomic E-state index is -1.08. The van der Waals surface area contributed by atoms with Crippen molar-refractivity contribution in [2.45, 2.75) is 19.8 Å². The first-order valence-electron chi connectivity index (χ1n) is 6.60. The summed E-state index contributed by atoms with van der Waals surface area (Å²) >= 11 is 0. The highest BCUT2D eigenvalue weighted by Crippen LogP contribution is 2.14. The number of carboxylic acid groups (broad SMARTS) is 1. The fraction of sp³-hybridized carbons (Fsp3) is 0.429. The smallest absolute Gasteiger partial charge is 0.337 e. The fourth-order valence-electron chi connectivity index (χ4n) is 1.53. The van der Waals surface area contributed by atoms with Gasteiger partial charge in [-0.15, -0.1) is 0 Å². The summed E-state index contributed by atoms with van der Waals surface area (Å²) in [7, 11) is 0. The van der Waals surface area contributed by atoms with Gasteiger partial charge in [0.15, 0.2) is 0 Å². The van der Waals surface area contributed by atoms with E-state index in [9.17, 15) is 9.59 Å². The number of nitrogens with one attached hydrogen (secondary N) is 2. The van der Waals surface area contributed by atoms with Crippen LogP contribution in [0.4, 0.5) is 10.5 Å². The molecule has 6 nitrogen and oxygen atoms in total. The van der Waals surface area contributed by atoms with Crippen LogP contribution in [-0.4, -0.2) is 36.9 Å². The number of carbonyl (C=O) groups is 2. The third-order valence-corrected chi connectivity index (χ3v) is 2.58. The first-order valence-corrected chi connectivity index (χ1v) is 6.60. The molecular formula is C14H20N2O4. The minimum Gasteiger partial charge on any atom is -0.478 e. The van der Waals surface area contributed by atoms with Gasteiger partial charge >= 0.3 is 12.0 Å². The van der Waals surface area contributed by atoms with Crippen LogP contribution in [0.15, 0.2) is 24.3 Å². The predicted octanol–water partition coefficient (Wildman–Crippen LogP) is 2.32. The number of benzene rings is 1. The molecule has 0 unspecified atom stereocenters. The number of unbranched alkanes of at least 4 members (excludes halogenated alkanes) is 1. The minimum absolute atomic E-state index is 0.0573. The molecule has 1 rings (SSSR count). The van der Waals surface area contributed by atoms with Gasteiger partial charge in [-0.05, 0) is 18.6 Å². The van der Waals surface area contributed by atoms with Crippen molar-refractivity contribution in [3.05, 3.63) is 29.8 Å². The van der Waals surface area contributed by atoms with Gasteiger partial charge in [-0.25, -0.2) is 9.59 Å². The Bertz CT molecular complexity index is 449. The zero-order valence-corrected chi connectivity index (χ0v) is 11.5. The zero-order valence-electron chi connectivity index (χ0n) is 11.5. The van der Waals surface area contributed by atoms with Gasteiger partial charge in [-0.1, -0.05) is 25.5 Å². The van der Waals surface area contributed by atoms with Gasteiger partial charge in [-0.2, -0.15) is 0 Å². The van der Waals surface area contributed by atoms with Crippen LogP contribution in [0.2, 0.25) is 0 Å². The topological polar surface area (TPSA) is 87.7 Å². The van der Waals surface area contributed by atoms with Gasteiger partial charge in [-0.3, -0.25) is 0 Å². The average molecular weight is 280 g/mol. The van der Waals surface area contributed by atoms with Crippen LogP contribution in [-0.2, 0) is 4.74 Å². The lowest BCUT2D eigenvalue weighted by Gasteiger charge is -2.10. The molecule has 0 fully saturated rings. The van der Waals surface area contributed by atoms with E-state index in [4.69, 9.17) is 9.84 Å². The van der Waals surface area contributed by atoms with Crippen LogP contribution in [0.1, 0.15) is 30.1 Å². The lowest BCUT2D eigenvalue weighted by Crippen LogP contribution is -2.32. The molecule has 2 amide bonds. The van der Waals surface area contributed by atoms with Crippen molar-refractivity contribution in [1.29, 1.82) is 0 Å². The number of para-hydroxylation sites is 1. The summed E-state index contributed by atoms with van der Waals surface area (Å²) in [5.74, 6) is -1.08. The number of anilines is 1. The third kappa shape index (κ3) is 5.71. The highest BCUT2D eigenvalue weighted by Gasteiger charge is 2.10. The number of aromatic carboxylic acids is 1. The molecule has 3 N–H and O–H groups in total. The monoisotopic (exact) mass is 280 g/mol. The number of rotatable bonds is 8. The number of ether oxygens (including phenoxy) is 1. The first-order chi connectivity index (χ1) is 9.65. The second kappa shape index (κ2) is 8.92. The average Bonchev–Trinajstić information content (AvgIpc) is 2.43. The Hall–Kier alpha value is -2.08. The molecule has 0 saturated carbocycles. The molecule has 20 heavy (non-hydrogen) atoms. The normalized spacial score (nSPS) is 10.1. The molecule has 0 radical (unpaired) electrons. The Morgan fingerprint density at radius 3 is 2.70 bits per heavy atom. The second-order valence-corrected chi connectivity index (χ2v) is 4.20. The van der Waals surface area contributed by atoms with Gasteiger partial charge in [0.25, 0.3) is 0 Å². The number of carboxylic acids is 1. The predicted molar refractivity (Wildman–Crippen MR) is 76.1 cm³/mol. The second-order valence-electron chi connectivity index (χ2n) is 4.20. The van der Waals surface area contributed by atoms with Crippen molar-refractivity contribution < 1.29 is 19.4 Å². The van der Waals surface area contributed by atoms with E-state index in [-0.39, 0.29) is 11.3 Å². The van der Waals surface area contributed by atoms with Gasteiger partial charge in [0, 0.05) is 13.2 Å². The molecule has 0 spiro atoms. The molecule has 6 heteroatoms. The summed E-state index contributed by atoms with van der Waals surface area (Å²) in [5.41, 5.74) is 0.325. The van der Waals surface area contributed by atoms with Crippen molar-refractivity contribution in [3.63, 3.8) is 0 Å². The molecule has 1 aromatic rings. The molecule has 110 valence electrons. The Balaban J connectivity index is 2.34. The van der Waals surface area contributed by atoms with E-state index in [2.05, 4.69) is 17.6 Å².